The van der Waals surface area contributed by atoms with Crippen molar-refractivity contribution in [3.8, 4) is 0 Å². The summed E-state index contributed by atoms with van der Waals surface area (Å²) in [5.74, 6) is 0.522. The molecule has 0 atom stereocenters. The van der Waals surface area contributed by atoms with Gasteiger partial charge in [-0.3, -0.25) is 0 Å². The van der Waals surface area contributed by atoms with E-state index in [0.717, 1.165) is 19.4 Å². The quantitative estimate of drug-likeness (QED) is 0.711. The van der Waals surface area contributed by atoms with E-state index in [2.05, 4.69) is 13.8 Å². The van der Waals surface area contributed by atoms with E-state index in [9.17, 15) is 4.79 Å². The predicted molar refractivity (Wildman–Crippen MR) is 61.0 cm³/mol. The second kappa shape index (κ2) is 4.28. The van der Waals surface area contributed by atoms with E-state index in [1.165, 1.54) is 0 Å². The molecule has 0 spiro atoms. The fraction of sp³-hybridized carbons (Fsp3) is 0.667. The highest BCUT2D eigenvalue weighted by Gasteiger charge is 2.35. The summed E-state index contributed by atoms with van der Waals surface area (Å²) in [6, 6.07) is 0.583. The van der Waals surface area contributed by atoms with E-state index in [-0.39, 0.29) is 6.03 Å². The van der Waals surface area contributed by atoms with Crippen molar-refractivity contribution in [2.45, 2.75) is 32.7 Å². The van der Waals surface area contributed by atoms with Crippen LogP contribution in [0.3, 0.4) is 0 Å². The molecule has 2 rings (SSSR count). The lowest BCUT2D eigenvalue weighted by atomic mass is 10.2. The summed E-state index contributed by atoms with van der Waals surface area (Å²) >= 11 is 0. The zero-order chi connectivity index (χ0) is 11.7. The first kappa shape index (κ1) is 11.2. The minimum Gasteiger partial charge on any atom is -0.301 e. The van der Waals surface area contributed by atoms with Gasteiger partial charge in [-0.1, -0.05) is 13.8 Å². The largest absolute Gasteiger partial charge is 0.416 e. The number of carbonyl (C=O) groups excluding carboxylic acids is 1. The zero-order valence-electron chi connectivity index (χ0n) is 10.3. The molecule has 1 heterocycles. The monoisotopic (exact) mass is 222 g/mol. The van der Waals surface area contributed by atoms with Crippen LogP contribution in [0.2, 0.25) is 0 Å². The van der Waals surface area contributed by atoms with E-state index in [4.69, 9.17) is 0 Å². The third-order valence-corrected chi connectivity index (χ3v) is 2.79. The number of carbonyl (C=O) groups is 1. The molecular formula is C12H20N3O+. The smallest absolute Gasteiger partial charge is 0.301 e. The van der Waals surface area contributed by atoms with Crippen molar-refractivity contribution in [1.82, 2.24) is 9.47 Å². The fourth-order valence-electron chi connectivity index (χ4n) is 1.87. The molecule has 0 saturated heterocycles. The Morgan fingerprint density at radius 3 is 2.69 bits per heavy atom. The summed E-state index contributed by atoms with van der Waals surface area (Å²) in [5, 5.41) is 0. The molecular weight excluding hydrogens is 202 g/mol. The topological polar surface area (TPSA) is 29.1 Å². The molecule has 0 N–H and O–H groups in total. The van der Waals surface area contributed by atoms with E-state index < -0.39 is 0 Å². The lowest BCUT2D eigenvalue weighted by Crippen LogP contribution is -2.39. The van der Waals surface area contributed by atoms with E-state index >= 15 is 0 Å². The predicted octanol–water partition coefficient (Wildman–Crippen LogP) is 1.40. The normalized spacial score (nSPS) is 15.5. The highest BCUT2D eigenvalue weighted by atomic mass is 16.2. The average molecular weight is 222 g/mol. The third-order valence-electron chi connectivity index (χ3n) is 2.79. The molecule has 1 saturated carbocycles. The summed E-state index contributed by atoms with van der Waals surface area (Å²) in [6.45, 7) is 5.15. The Labute approximate surface area is 96.5 Å². The second-order valence-electron chi connectivity index (χ2n) is 5.05. The van der Waals surface area contributed by atoms with Crippen LogP contribution in [0.4, 0.5) is 4.79 Å². The van der Waals surface area contributed by atoms with E-state index in [1.807, 2.05) is 35.2 Å². The van der Waals surface area contributed by atoms with Gasteiger partial charge < -0.3 is 4.90 Å². The maximum atomic E-state index is 12.3. The Morgan fingerprint density at radius 2 is 2.25 bits per heavy atom. The van der Waals surface area contributed by atoms with Crippen LogP contribution in [-0.2, 0) is 7.05 Å². The van der Waals surface area contributed by atoms with Gasteiger partial charge in [0, 0.05) is 12.6 Å². The molecule has 0 radical (unpaired) electrons. The number of rotatable bonds is 3. The van der Waals surface area contributed by atoms with Crippen molar-refractivity contribution in [2.75, 3.05) is 6.54 Å². The minimum atomic E-state index is 0.108. The Hall–Kier alpha value is -1.32. The van der Waals surface area contributed by atoms with Gasteiger partial charge in [-0.2, -0.15) is 4.57 Å². The van der Waals surface area contributed by atoms with Crippen LogP contribution >= 0.6 is 0 Å². The number of aromatic nitrogens is 2. The molecule has 1 aromatic heterocycles. The summed E-state index contributed by atoms with van der Waals surface area (Å²) in [4.78, 5) is 14.3. The summed E-state index contributed by atoms with van der Waals surface area (Å²) in [6.07, 6.45) is 7.84. The Kier molecular flexibility index (Phi) is 2.99. The first-order chi connectivity index (χ1) is 7.58. The molecule has 0 aromatic carbocycles. The van der Waals surface area contributed by atoms with Crippen LogP contribution in [0.25, 0.3) is 0 Å². The lowest BCUT2D eigenvalue weighted by molar-refractivity contribution is -0.670. The molecule has 1 aromatic rings. The second-order valence-corrected chi connectivity index (χ2v) is 5.05. The first-order valence-electron chi connectivity index (χ1n) is 5.92. The minimum absolute atomic E-state index is 0.108. The number of hydrogen-bond acceptors (Lipinski definition) is 1. The van der Waals surface area contributed by atoms with Gasteiger partial charge in [0.05, 0.1) is 7.05 Å². The summed E-state index contributed by atoms with van der Waals surface area (Å²) < 4.78 is 3.55. The SMILES string of the molecule is CC(C)CN(C(=O)n1cc[n+](C)c1)C1CC1. The van der Waals surface area contributed by atoms with Crippen molar-refractivity contribution in [2.24, 2.45) is 13.0 Å². The molecule has 1 fully saturated rings. The number of aryl methyl sites for hydroxylation is 1. The lowest BCUT2D eigenvalue weighted by Gasteiger charge is -2.21. The van der Waals surface area contributed by atoms with Crippen LogP contribution in [0.15, 0.2) is 18.7 Å². The molecule has 4 nitrogen and oxygen atoms in total. The van der Waals surface area contributed by atoms with Gasteiger partial charge in [0.15, 0.2) is 0 Å². The average Bonchev–Trinajstić information content (AvgIpc) is 2.96. The summed E-state index contributed by atoms with van der Waals surface area (Å²) in [5.41, 5.74) is 0. The number of hydrogen-bond donors (Lipinski definition) is 0. The van der Waals surface area contributed by atoms with Gasteiger partial charge in [0.2, 0.25) is 0 Å². The molecule has 0 bridgehead atoms. The van der Waals surface area contributed by atoms with Gasteiger partial charge in [-0.25, -0.2) is 9.36 Å². The van der Waals surface area contributed by atoms with Crippen LogP contribution in [0, 0.1) is 5.92 Å². The molecule has 1 aliphatic rings. The Bertz CT molecular complexity index is 379. The van der Waals surface area contributed by atoms with Crippen LogP contribution in [0.5, 0.6) is 0 Å². The molecule has 1 amide bonds. The van der Waals surface area contributed by atoms with Gasteiger partial charge in [-0.05, 0) is 18.8 Å². The first-order valence-corrected chi connectivity index (χ1v) is 5.92. The van der Waals surface area contributed by atoms with Gasteiger partial charge in [0.1, 0.15) is 12.4 Å². The van der Waals surface area contributed by atoms with Gasteiger partial charge in [-0.15, -0.1) is 0 Å². The zero-order valence-corrected chi connectivity index (χ0v) is 10.3. The maximum Gasteiger partial charge on any atom is 0.416 e. The van der Waals surface area contributed by atoms with Gasteiger partial charge in [0.25, 0.3) is 6.33 Å². The standard InChI is InChI=1S/C12H20N3O/c1-10(2)8-15(11-4-5-11)12(16)14-7-6-13(3)9-14/h6-7,9-11H,4-5,8H2,1-3H3/q+1. The highest BCUT2D eigenvalue weighted by Crippen LogP contribution is 2.28. The van der Waals surface area contributed by atoms with Crippen LogP contribution in [0.1, 0.15) is 26.7 Å². The van der Waals surface area contributed by atoms with Crippen molar-refractivity contribution < 1.29 is 9.36 Å². The van der Waals surface area contributed by atoms with Gasteiger partial charge >= 0.3 is 6.03 Å². The summed E-state index contributed by atoms with van der Waals surface area (Å²) in [7, 11) is 1.92. The molecule has 16 heavy (non-hydrogen) atoms. The number of nitrogens with zero attached hydrogens (tertiary/aromatic N) is 3. The third kappa shape index (κ3) is 2.43. The van der Waals surface area contributed by atoms with Crippen molar-refractivity contribution in [1.29, 1.82) is 0 Å². The van der Waals surface area contributed by atoms with Crippen molar-refractivity contribution >= 4 is 6.03 Å². The van der Waals surface area contributed by atoms with Crippen molar-refractivity contribution in [3.63, 3.8) is 0 Å². The molecule has 0 aliphatic heterocycles. The maximum absolute atomic E-state index is 12.3. The van der Waals surface area contributed by atoms with E-state index in [0.29, 0.717) is 12.0 Å². The number of imidazole rings is 1. The molecule has 4 heteroatoms. The van der Waals surface area contributed by atoms with Crippen LogP contribution in [-0.4, -0.2) is 28.1 Å². The van der Waals surface area contributed by atoms with Crippen molar-refractivity contribution in [3.05, 3.63) is 18.7 Å². The Morgan fingerprint density at radius 1 is 1.56 bits per heavy atom. The number of amides is 1. The van der Waals surface area contributed by atoms with Crippen LogP contribution < -0.4 is 4.57 Å². The highest BCUT2D eigenvalue weighted by molar-refractivity contribution is 5.77. The Balaban J connectivity index is 2.10. The molecule has 88 valence electrons. The molecule has 0 unspecified atom stereocenters. The van der Waals surface area contributed by atoms with E-state index in [1.54, 1.807) is 4.57 Å². The fourth-order valence-corrected chi connectivity index (χ4v) is 1.87. The molecule has 1 aliphatic carbocycles.